The number of hydrogen-bond acceptors (Lipinski definition) is 3. The Morgan fingerprint density at radius 1 is 1.05 bits per heavy atom. The van der Waals surface area contributed by atoms with Gasteiger partial charge in [-0.05, 0) is 25.5 Å². The van der Waals surface area contributed by atoms with E-state index in [9.17, 15) is 5.11 Å². The third kappa shape index (κ3) is 4.59. The number of ether oxygens (including phenoxy) is 1. The third-order valence-corrected chi connectivity index (χ3v) is 3.30. The number of para-hydroxylation sites is 1. The summed E-state index contributed by atoms with van der Waals surface area (Å²) in [7, 11) is 0. The molecule has 0 amide bonds. The maximum absolute atomic E-state index is 9.43. The number of hydrogen-bond donors (Lipinski definition) is 2. The lowest BCUT2D eigenvalue weighted by molar-refractivity contribution is 0.161. The van der Waals surface area contributed by atoms with E-state index in [0.717, 1.165) is 11.1 Å². The summed E-state index contributed by atoms with van der Waals surface area (Å²) >= 11 is 0. The maximum Gasteiger partial charge on any atom is 0.125 e. The molecular formula is C18H23NO2. The molecule has 2 aromatic rings. The number of benzene rings is 2. The summed E-state index contributed by atoms with van der Waals surface area (Å²) in [4.78, 5) is 0. The Labute approximate surface area is 126 Å². The van der Waals surface area contributed by atoms with Crippen molar-refractivity contribution in [2.75, 3.05) is 0 Å². The summed E-state index contributed by atoms with van der Waals surface area (Å²) < 4.78 is 6.16. The molecule has 0 spiro atoms. The molecule has 1 atom stereocenters. The van der Waals surface area contributed by atoms with Gasteiger partial charge in [0.15, 0.2) is 0 Å². The normalized spacial score (nSPS) is 13.0. The van der Waals surface area contributed by atoms with E-state index in [1.165, 1.54) is 0 Å². The van der Waals surface area contributed by atoms with Crippen molar-refractivity contribution < 1.29 is 9.84 Å². The zero-order valence-corrected chi connectivity index (χ0v) is 12.6. The van der Waals surface area contributed by atoms with Gasteiger partial charge in [-0.1, -0.05) is 48.5 Å². The molecule has 0 saturated carbocycles. The van der Waals surface area contributed by atoms with Crippen LogP contribution in [0, 0.1) is 0 Å². The van der Waals surface area contributed by atoms with Gasteiger partial charge in [0.25, 0.3) is 0 Å². The Morgan fingerprint density at radius 3 is 2.29 bits per heavy atom. The smallest absolute Gasteiger partial charge is 0.125 e. The molecule has 0 aromatic heterocycles. The van der Waals surface area contributed by atoms with Gasteiger partial charge in [0.05, 0.1) is 6.61 Å². The van der Waals surface area contributed by atoms with E-state index < -0.39 is 0 Å². The fourth-order valence-corrected chi connectivity index (χ4v) is 2.28. The molecule has 1 unspecified atom stereocenters. The van der Waals surface area contributed by atoms with Crippen molar-refractivity contribution in [3.05, 3.63) is 65.7 Å². The molecule has 3 N–H and O–H groups in total. The second-order valence-electron chi connectivity index (χ2n) is 5.98. The number of rotatable bonds is 6. The molecule has 0 bridgehead atoms. The van der Waals surface area contributed by atoms with Crippen LogP contribution in [0.5, 0.6) is 5.75 Å². The van der Waals surface area contributed by atoms with Crippen molar-refractivity contribution in [3.8, 4) is 5.75 Å². The summed E-state index contributed by atoms with van der Waals surface area (Å²) in [6.45, 7) is 3.94. The van der Waals surface area contributed by atoms with Crippen LogP contribution in [-0.4, -0.2) is 10.6 Å². The first-order valence-corrected chi connectivity index (χ1v) is 7.19. The van der Waals surface area contributed by atoms with Gasteiger partial charge < -0.3 is 15.6 Å². The van der Waals surface area contributed by atoms with Crippen LogP contribution in [0.15, 0.2) is 54.6 Å². The largest absolute Gasteiger partial charge is 0.485 e. The molecule has 0 fully saturated rings. The van der Waals surface area contributed by atoms with Crippen LogP contribution in [0.4, 0.5) is 0 Å². The van der Waals surface area contributed by atoms with Gasteiger partial charge in [0.2, 0.25) is 0 Å². The van der Waals surface area contributed by atoms with Gasteiger partial charge in [0.1, 0.15) is 11.9 Å². The minimum atomic E-state index is -0.339. The fraction of sp³-hybridized carbons (Fsp3) is 0.333. The fourth-order valence-electron chi connectivity index (χ4n) is 2.28. The molecular weight excluding hydrogens is 262 g/mol. The maximum atomic E-state index is 9.43. The van der Waals surface area contributed by atoms with E-state index in [1.807, 2.05) is 68.4 Å². The van der Waals surface area contributed by atoms with E-state index in [1.54, 1.807) is 0 Å². The van der Waals surface area contributed by atoms with Crippen molar-refractivity contribution in [1.82, 2.24) is 0 Å². The molecule has 0 aliphatic heterocycles. The van der Waals surface area contributed by atoms with Crippen molar-refractivity contribution in [3.63, 3.8) is 0 Å². The number of aliphatic hydroxyl groups is 1. The highest BCUT2D eigenvalue weighted by atomic mass is 16.5. The minimum Gasteiger partial charge on any atom is -0.485 e. The third-order valence-electron chi connectivity index (χ3n) is 3.30. The number of aliphatic hydroxyl groups excluding tert-OH is 1. The zero-order chi connectivity index (χ0) is 15.3. The first-order valence-electron chi connectivity index (χ1n) is 7.19. The van der Waals surface area contributed by atoms with Gasteiger partial charge in [-0.3, -0.25) is 0 Å². The van der Waals surface area contributed by atoms with E-state index in [4.69, 9.17) is 10.5 Å². The molecule has 0 heterocycles. The molecule has 3 nitrogen and oxygen atoms in total. The number of nitrogens with two attached hydrogens (primary N) is 1. The first-order chi connectivity index (χ1) is 9.99. The zero-order valence-electron chi connectivity index (χ0n) is 12.6. The average Bonchev–Trinajstić information content (AvgIpc) is 2.47. The highest BCUT2D eigenvalue weighted by Crippen LogP contribution is 2.30. The second-order valence-corrected chi connectivity index (χ2v) is 5.98. The van der Waals surface area contributed by atoms with Gasteiger partial charge in [-0.15, -0.1) is 0 Å². The molecule has 21 heavy (non-hydrogen) atoms. The Balaban J connectivity index is 2.28. The van der Waals surface area contributed by atoms with Gasteiger partial charge in [0, 0.05) is 17.5 Å². The van der Waals surface area contributed by atoms with Crippen molar-refractivity contribution >= 4 is 0 Å². The van der Waals surface area contributed by atoms with Crippen molar-refractivity contribution in [2.45, 2.75) is 38.5 Å². The monoisotopic (exact) mass is 285 g/mol. The second kappa shape index (κ2) is 6.74. The van der Waals surface area contributed by atoms with Gasteiger partial charge >= 0.3 is 0 Å². The highest BCUT2D eigenvalue weighted by molar-refractivity contribution is 5.33. The van der Waals surface area contributed by atoms with Crippen molar-refractivity contribution in [1.29, 1.82) is 0 Å². The summed E-state index contributed by atoms with van der Waals surface area (Å²) in [6.07, 6.45) is 0.551. The quantitative estimate of drug-likeness (QED) is 0.855. The summed E-state index contributed by atoms with van der Waals surface area (Å²) in [5.74, 6) is 0.707. The van der Waals surface area contributed by atoms with Gasteiger partial charge in [-0.25, -0.2) is 0 Å². The molecule has 2 aromatic carbocycles. The molecule has 112 valence electrons. The van der Waals surface area contributed by atoms with E-state index >= 15 is 0 Å². The summed E-state index contributed by atoms with van der Waals surface area (Å²) in [6, 6.07) is 17.6. The predicted octanol–water partition coefficient (Wildman–Crippen LogP) is 3.43. The Morgan fingerprint density at radius 2 is 1.67 bits per heavy atom. The summed E-state index contributed by atoms with van der Waals surface area (Å²) in [5, 5.41) is 9.43. The topological polar surface area (TPSA) is 55.5 Å². The molecule has 0 radical (unpaired) electrons. The average molecular weight is 285 g/mol. The predicted molar refractivity (Wildman–Crippen MR) is 85.1 cm³/mol. The standard InChI is InChI=1S/C18H23NO2/c1-18(2,19)12-17(14-8-4-3-5-9-14)21-16-11-7-6-10-15(16)13-20/h3-11,17,20H,12-13,19H2,1-2H3. The summed E-state index contributed by atoms with van der Waals surface area (Å²) in [5.41, 5.74) is 7.70. The molecule has 2 rings (SSSR count). The van der Waals surface area contributed by atoms with Gasteiger partial charge in [-0.2, -0.15) is 0 Å². The molecule has 0 saturated heterocycles. The Bertz CT molecular complexity index is 561. The lowest BCUT2D eigenvalue weighted by Gasteiger charge is -2.27. The van der Waals surface area contributed by atoms with Crippen LogP contribution >= 0.6 is 0 Å². The van der Waals surface area contributed by atoms with Crippen LogP contribution in [0.2, 0.25) is 0 Å². The van der Waals surface area contributed by atoms with Crippen LogP contribution in [-0.2, 0) is 6.61 Å². The Hall–Kier alpha value is -1.84. The molecule has 3 heteroatoms. The lowest BCUT2D eigenvalue weighted by Crippen LogP contribution is -2.35. The highest BCUT2D eigenvalue weighted by Gasteiger charge is 2.22. The lowest BCUT2D eigenvalue weighted by atomic mass is 9.94. The molecule has 0 aliphatic carbocycles. The first kappa shape index (κ1) is 15.5. The molecule has 0 aliphatic rings. The van der Waals surface area contributed by atoms with E-state index in [-0.39, 0.29) is 18.2 Å². The van der Waals surface area contributed by atoms with E-state index in [2.05, 4.69) is 0 Å². The van der Waals surface area contributed by atoms with Crippen LogP contribution < -0.4 is 10.5 Å². The van der Waals surface area contributed by atoms with Crippen molar-refractivity contribution in [2.24, 2.45) is 5.73 Å². The SMILES string of the molecule is CC(C)(N)CC(Oc1ccccc1CO)c1ccccc1. The van der Waals surface area contributed by atoms with Crippen LogP contribution in [0.25, 0.3) is 0 Å². The minimum absolute atomic E-state index is 0.0380. The van der Waals surface area contributed by atoms with Crippen LogP contribution in [0.1, 0.15) is 37.5 Å². The van der Waals surface area contributed by atoms with Crippen LogP contribution in [0.3, 0.4) is 0 Å². The Kier molecular flexibility index (Phi) is 4.99. The van der Waals surface area contributed by atoms with E-state index in [0.29, 0.717) is 12.2 Å².